The molecular formula is C28H30N4O. The predicted octanol–water partition coefficient (Wildman–Crippen LogP) is 5.18. The van der Waals surface area contributed by atoms with E-state index in [1.54, 1.807) is 7.11 Å². The van der Waals surface area contributed by atoms with Crippen LogP contribution < -0.4 is 9.64 Å². The number of hydrogen-bond donors (Lipinski definition) is 0. The molecule has 0 saturated carbocycles. The lowest BCUT2D eigenvalue weighted by Crippen LogP contribution is -2.46. The molecule has 1 fully saturated rings. The lowest BCUT2D eigenvalue weighted by Gasteiger charge is -2.36. The minimum Gasteiger partial charge on any atom is -0.495 e. The molecule has 5 nitrogen and oxygen atoms in total. The molecule has 0 bridgehead atoms. The van der Waals surface area contributed by atoms with Crippen LogP contribution >= 0.6 is 0 Å². The molecule has 1 aliphatic rings. The highest BCUT2D eigenvalue weighted by Gasteiger charge is 2.22. The van der Waals surface area contributed by atoms with Crippen molar-refractivity contribution >= 4 is 5.69 Å². The average molecular weight is 439 g/mol. The molecule has 0 N–H and O–H groups in total. The maximum Gasteiger partial charge on any atom is 0.142 e. The standard InChI is InChI=1S/C28H30N4O/c1-22-24(21-30-16-18-31(19-17-30)25-12-6-7-13-27(25)33-2)20-26(23-10-4-3-5-11-23)32(22)28-14-8-9-15-29-28/h3-15,20H,16-19,21H2,1-2H3. The molecule has 2 aromatic heterocycles. The number of pyridine rings is 1. The largest absolute Gasteiger partial charge is 0.495 e. The topological polar surface area (TPSA) is 33.5 Å². The van der Waals surface area contributed by atoms with E-state index in [9.17, 15) is 0 Å². The second kappa shape index (κ2) is 9.51. The molecule has 3 heterocycles. The minimum atomic E-state index is 0.936. The Bertz CT molecular complexity index is 1200. The van der Waals surface area contributed by atoms with Gasteiger partial charge in [-0.3, -0.25) is 9.47 Å². The van der Waals surface area contributed by atoms with Gasteiger partial charge in [0.2, 0.25) is 0 Å². The van der Waals surface area contributed by atoms with Gasteiger partial charge in [0, 0.05) is 44.6 Å². The molecule has 2 aromatic carbocycles. The Morgan fingerprint density at radius 1 is 0.848 bits per heavy atom. The maximum atomic E-state index is 5.57. The monoisotopic (exact) mass is 438 g/mol. The van der Waals surface area contributed by atoms with E-state index in [1.165, 1.54) is 28.2 Å². The minimum absolute atomic E-state index is 0.936. The summed E-state index contributed by atoms with van der Waals surface area (Å²) in [4.78, 5) is 9.62. The predicted molar refractivity (Wildman–Crippen MR) is 134 cm³/mol. The molecule has 0 radical (unpaired) electrons. The Morgan fingerprint density at radius 2 is 1.58 bits per heavy atom. The summed E-state index contributed by atoms with van der Waals surface area (Å²) < 4.78 is 7.86. The second-order valence-electron chi connectivity index (χ2n) is 8.46. The molecule has 0 aliphatic carbocycles. The van der Waals surface area contributed by atoms with Crippen LogP contribution in [0.1, 0.15) is 11.3 Å². The number of anilines is 1. The van der Waals surface area contributed by atoms with Crippen LogP contribution in [0.2, 0.25) is 0 Å². The van der Waals surface area contributed by atoms with Gasteiger partial charge in [-0.2, -0.15) is 0 Å². The number of methoxy groups -OCH3 is 1. The van der Waals surface area contributed by atoms with Crippen LogP contribution in [-0.2, 0) is 6.54 Å². The van der Waals surface area contributed by atoms with Gasteiger partial charge >= 0.3 is 0 Å². The van der Waals surface area contributed by atoms with E-state index in [0.717, 1.165) is 44.3 Å². The highest BCUT2D eigenvalue weighted by molar-refractivity contribution is 5.65. The van der Waals surface area contributed by atoms with Crippen molar-refractivity contribution < 1.29 is 4.74 Å². The number of ether oxygens (including phenoxy) is 1. The van der Waals surface area contributed by atoms with Crippen molar-refractivity contribution in [2.45, 2.75) is 13.5 Å². The van der Waals surface area contributed by atoms with Gasteiger partial charge in [-0.1, -0.05) is 48.5 Å². The van der Waals surface area contributed by atoms with Gasteiger partial charge in [-0.05, 0) is 48.4 Å². The van der Waals surface area contributed by atoms with Gasteiger partial charge < -0.3 is 9.64 Å². The lowest BCUT2D eigenvalue weighted by molar-refractivity contribution is 0.248. The molecule has 5 heteroatoms. The molecule has 0 spiro atoms. The molecule has 0 amide bonds. The van der Waals surface area contributed by atoms with Gasteiger partial charge in [0.05, 0.1) is 18.5 Å². The smallest absolute Gasteiger partial charge is 0.142 e. The molecule has 33 heavy (non-hydrogen) atoms. The summed E-state index contributed by atoms with van der Waals surface area (Å²) in [6, 6.07) is 27.3. The van der Waals surface area contributed by atoms with E-state index in [-0.39, 0.29) is 0 Å². The Balaban J connectivity index is 1.38. The van der Waals surface area contributed by atoms with Crippen molar-refractivity contribution in [3.63, 3.8) is 0 Å². The van der Waals surface area contributed by atoms with E-state index in [4.69, 9.17) is 4.74 Å². The normalized spacial score (nSPS) is 14.4. The summed E-state index contributed by atoms with van der Waals surface area (Å²) in [5.74, 6) is 1.91. The molecule has 1 aliphatic heterocycles. The Kier molecular flexibility index (Phi) is 6.13. The van der Waals surface area contributed by atoms with Crippen molar-refractivity contribution in [3.8, 4) is 22.8 Å². The van der Waals surface area contributed by atoms with Gasteiger partial charge in [0.25, 0.3) is 0 Å². The summed E-state index contributed by atoms with van der Waals surface area (Å²) in [7, 11) is 1.74. The van der Waals surface area contributed by atoms with Crippen molar-refractivity contribution in [1.82, 2.24) is 14.5 Å². The summed E-state index contributed by atoms with van der Waals surface area (Å²) in [6.07, 6.45) is 1.86. The molecule has 5 rings (SSSR count). The number of benzene rings is 2. The Labute approximate surface area is 195 Å². The first kappa shape index (κ1) is 21.3. The zero-order valence-electron chi connectivity index (χ0n) is 19.3. The highest BCUT2D eigenvalue weighted by Crippen LogP contribution is 2.31. The van der Waals surface area contributed by atoms with Gasteiger partial charge in [-0.15, -0.1) is 0 Å². The first-order valence-electron chi connectivity index (χ1n) is 11.5. The zero-order valence-corrected chi connectivity index (χ0v) is 19.3. The third kappa shape index (κ3) is 4.37. The van der Waals surface area contributed by atoms with Crippen LogP contribution in [0.25, 0.3) is 17.1 Å². The van der Waals surface area contributed by atoms with E-state index in [0.29, 0.717) is 0 Å². The molecule has 0 unspecified atom stereocenters. The fourth-order valence-corrected chi connectivity index (χ4v) is 4.70. The summed E-state index contributed by atoms with van der Waals surface area (Å²) in [6.45, 7) is 7.17. The Morgan fingerprint density at radius 3 is 2.30 bits per heavy atom. The van der Waals surface area contributed by atoms with Crippen molar-refractivity contribution in [3.05, 3.63) is 96.3 Å². The average Bonchev–Trinajstić information content (AvgIpc) is 3.21. The van der Waals surface area contributed by atoms with Gasteiger partial charge in [-0.25, -0.2) is 4.98 Å². The fourth-order valence-electron chi connectivity index (χ4n) is 4.70. The Hall–Kier alpha value is -3.57. The zero-order chi connectivity index (χ0) is 22.6. The first-order chi connectivity index (χ1) is 16.2. The van der Waals surface area contributed by atoms with Crippen LogP contribution in [-0.4, -0.2) is 47.7 Å². The molecule has 1 saturated heterocycles. The first-order valence-corrected chi connectivity index (χ1v) is 11.5. The third-order valence-corrected chi connectivity index (χ3v) is 6.49. The van der Waals surface area contributed by atoms with Crippen molar-refractivity contribution in [2.24, 2.45) is 0 Å². The van der Waals surface area contributed by atoms with Crippen LogP contribution in [0.5, 0.6) is 5.75 Å². The summed E-state index contributed by atoms with van der Waals surface area (Å²) in [5, 5.41) is 0. The number of rotatable bonds is 6. The number of piperazine rings is 1. The number of para-hydroxylation sites is 2. The van der Waals surface area contributed by atoms with E-state index < -0.39 is 0 Å². The van der Waals surface area contributed by atoms with Crippen molar-refractivity contribution in [1.29, 1.82) is 0 Å². The highest BCUT2D eigenvalue weighted by atomic mass is 16.5. The number of aromatic nitrogens is 2. The quantitative estimate of drug-likeness (QED) is 0.415. The fraction of sp³-hybridized carbons (Fsp3) is 0.250. The van der Waals surface area contributed by atoms with Crippen molar-refractivity contribution in [2.75, 3.05) is 38.2 Å². The summed E-state index contributed by atoms with van der Waals surface area (Å²) in [5.41, 5.74) is 6.18. The number of hydrogen-bond acceptors (Lipinski definition) is 4. The van der Waals surface area contributed by atoms with Crippen LogP contribution in [0.4, 0.5) is 5.69 Å². The van der Waals surface area contributed by atoms with Crippen LogP contribution in [0.3, 0.4) is 0 Å². The number of nitrogens with zero attached hydrogens (tertiary/aromatic N) is 4. The van der Waals surface area contributed by atoms with E-state index in [2.05, 4.69) is 80.9 Å². The SMILES string of the molecule is COc1ccccc1N1CCN(Cc2cc(-c3ccccc3)n(-c3ccccn3)c2C)CC1. The molecule has 4 aromatic rings. The van der Waals surface area contributed by atoms with Gasteiger partial charge in [0.1, 0.15) is 11.6 Å². The van der Waals surface area contributed by atoms with Crippen LogP contribution in [0.15, 0.2) is 85.1 Å². The lowest BCUT2D eigenvalue weighted by atomic mass is 10.1. The van der Waals surface area contributed by atoms with Gasteiger partial charge in [0.15, 0.2) is 0 Å². The second-order valence-corrected chi connectivity index (χ2v) is 8.46. The van der Waals surface area contributed by atoms with E-state index >= 15 is 0 Å². The molecule has 0 atom stereocenters. The van der Waals surface area contributed by atoms with Crippen LogP contribution in [0, 0.1) is 6.92 Å². The maximum absolute atomic E-state index is 5.57. The van der Waals surface area contributed by atoms with E-state index in [1.807, 2.05) is 30.5 Å². The third-order valence-electron chi connectivity index (χ3n) is 6.49. The summed E-state index contributed by atoms with van der Waals surface area (Å²) >= 11 is 0. The molecular weight excluding hydrogens is 408 g/mol. The molecule has 168 valence electrons.